The molecule has 2 aromatic rings. The van der Waals surface area contributed by atoms with Crippen molar-refractivity contribution in [1.29, 1.82) is 0 Å². The molecule has 1 aliphatic rings. The fraction of sp³-hybridized carbons (Fsp3) is 0.294. The van der Waals surface area contributed by atoms with Crippen molar-refractivity contribution in [2.45, 2.75) is 10.9 Å². The largest absolute Gasteiger partial charge is 0.495 e. The molecule has 0 radical (unpaired) electrons. The maximum absolute atomic E-state index is 13.6. The molecule has 0 spiro atoms. The summed E-state index contributed by atoms with van der Waals surface area (Å²) in [4.78, 5) is 0.00537. The third-order valence-electron chi connectivity index (χ3n) is 4.14. The number of halogens is 3. The molecule has 0 amide bonds. The van der Waals surface area contributed by atoms with Gasteiger partial charge in [-0.2, -0.15) is 4.31 Å². The number of hydrogen-bond acceptors (Lipinski definition) is 4. The lowest BCUT2D eigenvalue weighted by Crippen LogP contribution is -2.48. The van der Waals surface area contributed by atoms with Gasteiger partial charge < -0.3 is 10.1 Å². The third kappa shape index (κ3) is 4.13. The first kappa shape index (κ1) is 20.9. The molecule has 1 aliphatic heterocycles. The fourth-order valence-corrected chi connectivity index (χ4v) is 4.98. The summed E-state index contributed by atoms with van der Waals surface area (Å²) in [7, 11) is -2.47. The van der Waals surface area contributed by atoms with Gasteiger partial charge in [0, 0.05) is 24.7 Å². The standard InChI is InChI=1S/C17H18ClFN2O3S.ClH/c1-24-16-6-5-13(18)10-17(16)25(22,23)21-8-7-20-11-15(21)12-3-2-4-14(19)9-12;/h2-6,9-10,15,20H,7-8,11H2,1H3;1H. The van der Waals surface area contributed by atoms with E-state index in [0.717, 1.165) is 0 Å². The van der Waals surface area contributed by atoms with Gasteiger partial charge in [0.15, 0.2) is 0 Å². The zero-order valence-corrected chi connectivity index (χ0v) is 16.4. The number of hydrogen-bond donors (Lipinski definition) is 1. The summed E-state index contributed by atoms with van der Waals surface area (Å²) in [6.45, 7) is 1.17. The molecule has 5 nitrogen and oxygen atoms in total. The van der Waals surface area contributed by atoms with Crippen LogP contribution in [-0.2, 0) is 10.0 Å². The van der Waals surface area contributed by atoms with Crippen LogP contribution >= 0.6 is 24.0 Å². The number of methoxy groups -OCH3 is 1. The molecule has 0 aliphatic carbocycles. The van der Waals surface area contributed by atoms with E-state index in [0.29, 0.717) is 23.7 Å². The predicted molar refractivity (Wildman–Crippen MR) is 101 cm³/mol. The zero-order chi connectivity index (χ0) is 18.0. The first-order valence-corrected chi connectivity index (χ1v) is 9.57. The van der Waals surface area contributed by atoms with Crippen molar-refractivity contribution in [3.05, 3.63) is 58.9 Å². The molecule has 1 saturated heterocycles. The fourth-order valence-electron chi connectivity index (χ4n) is 2.95. The Labute approximate surface area is 163 Å². The monoisotopic (exact) mass is 420 g/mol. The molecule has 1 atom stereocenters. The van der Waals surface area contributed by atoms with Gasteiger partial charge in [0.25, 0.3) is 0 Å². The van der Waals surface area contributed by atoms with E-state index >= 15 is 0 Å². The summed E-state index contributed by atoms with van der Waals surface area (Å²) < 4.78 is 46.7. The minimum atomic E-state index is -3.88. The van der Waals surface area contributed by atoms with E-state index in [4.69, 9.17) is 16.3 Å². The predicted octanol–water partition coefficient (Wildman–Crippen LogP) is 3.24. The summed E-state index contributed by atoms with van der Waals surface area (Å²) in [5.74, 6) is -0.179. The SMILES string of the molecule is COc1ccc(Cl)cc1S(=O)(=O)N1CCNCC1c1cccc(F)c1.Cl. The van der Waals surface area contributed by atoms with Crippen molar-refractivity contribution < 1.29 is 17.5 Å². The van der Waals surface area contributed by atoms with Crippen LogP contribution in [-0.4, -0.2) is 39.5 Å². The Bertz CT molecular complexity index is 880. The number of benzene rings is 2. The van der Waals surface area contributed by atoms with E-state index in [9.17, 15) is 12.8 Å². The van der Waals surface area contributed by atoms with Crippen LogP contribution in [0.15, 0.2) is 47.4 Å². The number of nitrogens with one attached hydrogen (secondary N) is 1. The Morgan fingerprint density at radius 1 is 1.27 bits per heavy atom. The van der Waals surface area contributed by atoms with Crippen LogP contribution in [0.5, 0.6) is 5.75 Å². The first-order valence-electron chi connectivity index (χ1n) is 7.75. The Balaban J connectivity index is 0.00000243. The summed E-state index contributed by atoms with van der Waals surface area (Å²) in [6, 6.07) is 9.94. The van der Waals surface area contributed by atoms with E-state index in [-0.39, 0.29) is 29.6 Å². The van der Waals surface area contributed by atoms with Crippen LogP contribution in [0, 0.1) is 5.82 Å². The number of nitrogens with zero attached hydrogens (tertiary/aromatic N) is 1. The molecule has 2 aromatic carbocycles. The van der Waals surface area contributed by atoms with Crippen LogP contribution in [0.1, 0.15) is 11.6 Å². The van der Waals surface area contributed by atoms with E-state index in [2.05, 4.69) is 5.32 Å². The van der Waals surface area contributed by atoms with Gasteiger partial charge in [-0.1, -0.05) is 23.7 Å². The summed E-state index contributed by atoms with van der Waals surface area (Å²) in [5.41, 5.74) is 0.594. The quantitative estimate of drug-likeness (QED) is 0.824. The van der Waals surface area contributed by atoms with E-state index in [1.807, 2.05) is 0 Å². The smallest absolute Gasteiger partial charge is 0.247 e. The molecule has 1 unspecified atom stereocenters. The van der Waals surface area contributed by atoms with Crippen molar-refractivity contribution in [2.75, 3.05) is 26.7 Å². The molecule has 1 N–H and O–H groups in total. The van der Waals surface area contributed by atoms with Gasteiger partial charge >= 0.3 is 0 Å². The molecular weight excluding hydrogens is 402 g/mol. The van der Waals surface area contributed by atoms with Crippen molar-refractivity contribution in [3.8, 4) is 5.75 Å². The van der Waals surface area contributed by atoms with Gasteiger partial charge in [-0.25, -0.2) is 12.8 Å². The minimum absolute atomic E-state index is 0. The Morgan fingerprint density at radius 2 is 2.04 bits per heavy atom. The Kier molecular flexibility index (Phi) is 6.87. The molecule has 26 heavy (non-hydrogen) atoms. The molecule has 3 rings (SSSR count). The molecule has 9 heteroatoms. The molecule has 0 bridgehead atoms. The lowest BCUT2D eigenvalue weighted by Gasteiger charge is -2.35. The van der Waals surface area contributed by atoms with Crippen LogP contribution in [0.2, 0.25) is 5.02 Å². The normalized spacial score (nSPS) is 18.2. The van der Waals surface area contributed by atoms with Gasteiger partial charge in [-0.3, -0.25) is 0 Å². The van der Waals surface area contributed by atoms with E-state index in [1.54, 1.807) is 18.2 Å². The highest BCUT2D eigenvalue weighted by molar-refractivity contribution is 7.89. The maximum atomic E-state index is 13.6. The van der Waals surface area contributed by atoms with Crippen LogP contribution in [0.3, 0.4) is 0 Å². The lowest BCUT2D eigenvalue weighted by atomic mass is 10.1. The first-order chi connectivity index (χ1) is 11.9. The van der Waals surface area contributed by atoms with Gasteiger partial charge in [0.1, 0.15) is 16.5 Å². The van der Waals surface area contributed by atoms with Gasteiger partial charge in [0.2, 0.25) is 10.0 Å². The second-order valence-corrected chi connectivity index (χ2v) is 7.98. The molecule has 1 fully saturated rings. The highest BCUT2D eigenvalue weighted by atomic mass is 35.5. The van der Waals surface area contributed by atoms with Gasteiger partial charge in [-0.15, -0.1) is 12.4 Å². The summed E-state index contributed by atoms with van der Waals surface area (Å²) in [5, 5.41) is 3.46. The number of sulfonamides is 1. The highest BCUT2D eigenvalue weighted by Crippen LogP contribution is 2.34. The second-order valence-electron chi connectivity index (χ2n) is 5.69. The van der Waals surface area contributed by atoms with Crippen molar-refractivity contribution in [3.63, 3.8) is 0 Å². The second kappa shape index (κ2) is 8.54. The topological polar surface area (TPSA) is 58.6 Å². The average molecular weight is 421 g/mol. The van der Waals surface area contributed by atoms with Crippen LogP contribution in [0.25, 0.3) is 0 Å². The van der Waals surface area contributed by atoms with Crippen LogP contribution in [0.4, 0.5) is 4.39 Å². The van der Waals surface area contributed by atoms with E-state index < -0.39 is 21.9 Å². The van der Waals surface area contributed by atoms with Gasteiger partial charge in [0.05, 0.1) is 13.2 Å². The number of piperazine rings is 1. The molecule has 142 valence electrons. The molecular formula is C17H19Cl2FN2O3S. The highest BCUT2D eigenvalue weighted by Gasteiger charge is 2.36. The average Bonchev–Trinajstić information content (AvgIpc) is 2.61. The summed E-state index contributed by atoms with van der Waals surface area (Å²) >= 11 is 5.99. The lowest BCUT2D eigenvalue weighted by molar-refractivity contribution is 0.270. The van der Waals surface area contributed by atoms with Gasteiger partial charge in [-0.05, 0) is 35.9 Å². The zero-order valence-electron chi connectivity index (χ0n) is 14.0. The maximum Gasteiger partial charge on any atom is 0.247 e. The minimum Gasteiger partial charge on any atom is -0.495 e. The Morgan fingerprint density at radius 3 is 2.73 bits per heavy atom. The van der Waals surface area contributed by atoms with Crippen molar-refractivity contribution in [1.82, 2.24) is 9.62 Å². The van der Waals surface area contributed by atoms with Crippen molar-refractivity contribution in [2.24, 2.45) is 0 Å². The van der Waals surface area contributed by atoms with Crippen molar-refractivity contribution >= 4 is 34.0 Å². The van der Waals surface area contributed by atoms with E-state index in [1.165, 1.54) is 35.7 Å². The molecule has 1 heterocycles. The third-order valence-corrected chi connectivity index (χ3v) is 6.30. The number of ether oxygens (including phenoxy) is 1. The number of rotatable bonds is 4. The molecule has 0 aromatic heterocycles. The molecule has 0 saturated carbocycles. The Hall–Kier alpha value is -1.38. The summed E-state index contributed by atoms with van der Waals surface area (Å²) in [6.07, 6.45) is 0. The van der Waals surface area contributed by atoms with Crippen LogP contribution < -0.4 is 10.1 Å².